The van der Waals surface area contributed by atoms with Crippen molar-refractivity contribution in [2.24, 2.45) is 5.92 Å². The average molecular weight is 264 g/mol. The molecule has 0 spiro atoms. The second-order valence-corrected chi connectivity index (χ2v) is 5.56. The molecule has 2 saturated heterocycles. The van der Waals surface area contributed by atoms with Crippen LogP contribution in [0.2, 0.25) is 0 Å². The molecule has 0 radical (unpaired) electrons. The first-order chi connectivity index (χ1) is 9.31. The summed E-state index contributed by atoms with van der Waals surface area (Å²) in [6.45, 7) is 5.25. The Morgan fingerprint density at radius 2 is 2.11 bits per heavy atom. The maximum absolute atomic E-state index is 12.8. The predicted octanol–water partition coefficient (Wildman–Crippen LogP) is 1.89. The van der Waals surface area contributed by atoms with E-state index in [1.165, 1.54) is 25.0 Å². The summed E-state index contributed by atoms with van der Waals surface area (Å²) in [4.78, 5) is 2.58. The number of hydrogen-bond donors (Lipinski definition) is 1. The van der Waals surface area contributed by atoms with Crippen molar-refractivity contribution in [3.63, 3.8) is 0 Å². The van der Waals surface area contributed by atoms with Crippen LogP contribution in [0.5, 0.6) is 5.75 Å². The fraction of sp³-hybridized carbons (Fsp3) is 0.600. The van der Waals surface area contributed by atoms with Crippen molar-refractivity contribution >= 4 is 0 Å². The molecule has 1 N–H and O–H groups in total. The van der Waals surface area contributed by atoms with Crippen molar-refractivity contribution in [1.29, 1.82) is 0 Å². The lowest BCUT2D eigenvalue weighted by Crippen LogP contribution is -2.55. The Kier molecular flexibility index (Phi) is 3.99. The highest BCUT2D eigenvalue weighted by atomic mass is 19.1. The normalized spacial score (nSPS) is 27.8. The Morgan fingerprint density at radius 3 is 2.95 bits per heavy atom. The third-order valence-electron chi connectivity index (χ3n) is 4.17. The van der Waals surface area contributed by atoms with Gasteiger partial charge in [0.15, 0.2) is 0 Å². The Hall–Kier alpha value is -1.13. The average Bonchev–Trinajstić information content (AvgIpc) is 2.46. The van der Waals surface area contributed by atoms with Gasteiger partial charge >= 0.3 is 0 Å². The molecule has 4 heteroatoms. The molecule has 2 atom stereocenters. The van der Waals surface area contributed by atoms with Gasteiger partial charge in [-0.05, 0) is 37.1 Å². The first-order valence-corrected chi connectivity index (χ1v) is 7.14. The zero-order valence-electron chi connectivity index (χ0n) is 11.1. The van der Waals surface area contributed by atoms with Crippen molar-refractivity contribution < 1.29 is 9.13 Å². The number of nitrogens with one attached hydrogen (secondary N) is 1. The summed E-state index contributed by atoms with van der Waals surface area (Å²) in [5, 5.41) is 3.45. The second kappa shape index (κ2) is 5.88. The lowest BCUT2D eigenvalue weighted by molar-refractivity contribution is 0.0650. The van der Waals surface area contributed by atoms with Gasteiger partial charge in [0.25, 0.3) is 0 Å². The zero-order valence-corrected chi connectivity index (χ0v) is 11.1. The van der Waals surface area contributed by atoms with E-state index in [4.69, 9.17) is 4.74 Å². The van der Waals surface area contributed by atoms with Crippen LogP contribution >= 0.6 is 0 Å². The van der Waals surface area contributed by atoms with Crippen LogP contribution in [0.3, 0.4) is 0 Å². The minimum Gasteiger partial charge on any atom is -0.493 e. The first-order valence-electron chi connectivity index (χ1n) is 7.14. The van der Waals surface area contributed by atoms with Crippen LogP contribution in [-0.4, -0.2) is 43.7 Å². The molecule has 3 rings (SSSR count). The van der Waals surface area contributed by atoms with E-state index in [9.17, 15) is 4.39 Å². The molecule has 2 heterocycles. The molecule has 104 valence electrons. The SMILES string of the molecule is Fc1ccc(OC[C@@H]2CC[C@@H]3CNCCN3C2)cc1. The van der Waals surface area contributed by atoms with Gasteiger partial charge in [-0.1, -0.05) is 0 Å². The number of piperazine rings is 1. The van der Waals surface area contributed by atoms with Crippen LogP contribution in [-0.2, 0) is 0 Å². The van der Waals surface area contributed by atoms with E-state index in [2.05, 4.69) is 10.2 Å². The van der Waals surface area contributed by atoms with Crippen LogP contribution in [0.25, 0.3) is 0 Å². The van der Waals surface area contributed by atoms with E-state index < -0.39 is 0 Å². The van der Waals surface area contributed by atoms with Crippen LogP contribution in [0, 0.1) is 11.7 Å². The van der Waals surface area contributed by atoms with Gasteiger partial charge in [0.05, 0.1) is 6.61 Å². The van der Waals surface area contributed by atoms with Crippen molar-refractivity contribution in [3.05, 3.63) is 30.1 Å². The Labute approximate surface area is 113 Å². The van der Waals surface area contributed by atoms with Gasteiger partial charge in [0, 0.05) is 38.1 Å². The van der Waals surface area contributed by atoms with Crippen molar-refractivity contribution in [1.82, 2.24) is 10.2 Å². The van der Waals surface area contributed by atoms with Gasteiger partial charge in [-0.15, -0.1) is 0 Å². The van der Waals surface area contributed by atoms with E-state index >= 15 is 0 Å². The van der Waals surface area contributed by atoms with E-state index in [1.54, 1.807) is 12.1 Å². The van der Waals surface area contributed by atoms with Gasteiger partial charge in [-0.2, -0.15) is 0 Å². The summed E-state index contributed by atoms with van der Waals surface area (Å²) < 4.78 is 18.6. The smallest absolute Gasteiger partial charge is 0.123 e. The lowest BCUT2D eigenvalue weighted by atomic mass is 9.92. The van der Waals surface area contributed by atoms with Crippen LogP contribution < -0.4 is 10.1 Å². The van der Waals surface area contributed by atoms with Crippen LogP contribution in [0.1, 0.15) is 12.8 Å². The Morgan fingerprint density at radius 1 is 1.26 bits per heavy atom. The molecule has 19 heavy (non-hydrogen) atoms. The van der Waals surface area contributed by atoms with E-state index in [1.807, 2.05) is 0 Å². The molecule has 2 aliphatic heterocycles. The fourth-order valence-corrected chi connectivity index (χ4v) is 3.06. The fourth-order valence-electron chi connectivity index (χ4n) is 3.06. The first kappa shape index (κ1) is 12.9. The van der Waals surface area contributed by atoms with Crippen molar-refractivity contribution in [2.75, 3.05) is 32.8 Å². The number of rotatable bonds is 3. The predicted molar refractivity (Wildman–Crippen MR) is 72.8 cm³/mol. The van der Waals surface area contributed by atoms with E-state index in [0.29, 0.717) is 5.92 Å². The highest BCUT2D eigenvalue weighted by molar-refractivity contribution is 5.22. The molecule has 0 aromatic heterocycles. The summed E-state index contributed by atoms with van der Waals surface area (Å²) in [5.41, 5.74) is 0. The van der Waals surface area contributed by atoms with Crippen LogP contribution in [0.4, 0.5) is 4.39 Å². The standard InChI is InChI=1S/C15H21FN2O/c16-13-2-5-15(6-3-13)19-11-12-1-4-14-9-17-7-8-18(14)10-12/h2-3,5-6,12,14,17H,1,4,7-11H2/t12-,14-/m1/s1. The Bertz CT molecular complexity index is 409. The number of fused-ring (bicyclic) bond motifs is 1. The number of halogens is 1. The minimum atomic E-state index is -0.214. The van der Waals surface area contributed by atoms with Crippen molar-refractivity contribution in [2.45, 2.75) is 18.9 Å². The summed E-state index contributed by atoms with van der Waals surface area (Å²) in [5.74, 6) is 1.15. The molecule has 0 amide bonds. The van der Waals surface area contributed by atoms with Gasteiger partial charge in [-0.3, -0.25) is 4.90 Å². The highest BCUT2D eigenvalue weighted by Crippen LogP contribution is 2.24. The molecule has 1 aromatic rings. The van der Waals surface area contributed by atoms with Gasteiger partial charge in [-0.25, -0.2) is 4.39 Å². The Balaban J connectivity index is 1.49. The number of nitrogens with zero attached hydrogens (tertiary/aromatic N) is 1. The summed E-state index contributed by atoms with van der Waals surface area (Å²) >= 11 is 0. The highest BCUT2D eigenvalue weighted by Gasteiger charge is 2.29. The maximum atomic E-state index is 12.8. The molecule has 2 aliphatic rings. The minimum absolute atomic E-state index is 0.214. The quantitative estimate of drug-likeness (QED) is 0.902. The molecule has 0 aliphatic carbocycles. The molecule has 2 fully saturated rings. The number of hydrogen-bond acceptors (Lipinski definition) is 3. The third-order valence-corrected chi connectivity index (χ3v) is 4.17. The summed E-state index contributed by atoms with van der Waals surface area (Å²) in [6.07, 6.45) is 2.48. The largest absolute Gasteiger partial charge is 0.493 e. The summed E-state index contributed by atoms with van der Waals surface area (Å²) in [7, 11) is 0. The monoisotopic (exact) mass is 264 g/mol. The number of piperidine rings is 1. The third kappa shape index (κ3) is 3.25. The van der Waals surface area contributed by atoms with E-state index in [0.717, 1.165) is 44.6 Å². The molecule has 3 nitrogen and oxygen atoms in total. The van der Waals surface area contributed by atoms with Gasteiger partial charge in [0.1, 0.15) is 11.6 Å². The summed E-state index contributed by atoms with van der Waals surface area (Å²) in [6, 6.07) is 7.01. The number of benzene rings is 1. The molecular formula is C15H21FN2O. The lowest BCUT2D eigenvalue weighted by Gasteiger charge is -2.42. The molecule has 0 saturated carbocycles. The van der Waals surface area contributed by atoms with Gasteiger partial charge < -0.3 is 10.1 Å². The topological polar surface area (TPSA) is 24.5 Å². The van der Waals surface area contributed by atoms with Crippen molar-refractivity contribution in [3.8, 4) is 5.75 Å². The molecule has 1 aromatic carbocycles. The second-order valence-electron chi connectivity index (χ2n) is 5.56. The molecule has 0 bridgehead atoms. The zero-order chi connectivity index (χ0) is 13.1. The number of ether oxygens (including phenoxy) is 1. The van der Waals surface area contributed by atoms with Crippen LogP contribution in [0.15, 0.2) is 24.3 Å². The molecular weight excluding hydrogens is 243 g/mol. The maximum Gasteiger partial charge on any atom is 0.123 e. The van der Waals surface area contributed by atoms with Gasteiger partial charge in [0.2, 0.25) is 0 Å². The molecule has 0 unspecified atom stereocenters. The van der Waals surface area contributed by atoms with E-state index in [-0.39, 0.29) is 5.82 Å².